The van der Waals surface area contributed by atoms with Crippen molar-refractivity contribution in [3.8, 4) is 0 Å². The van der Waals surface area contributed by atoms with E-state index in [2.05, 4.69) is 20.1 Å². The lowest BCUT2D eigenvalue weighted by molar-refractivity contribution is -0.384. The molecule has 0 fully saturated rings. The Kier molecular flexibility index (Phi) is 7.02. The number of amides is 1. The van der Waals surface area contributed by atoms with Crippen LogP contribution in [0.2, 0.25) is 0 Å². The van der Waals surface area contributed by atoms with Crippen molar-refractivity contribution in [2.24, 2.45) is 0 Å². The Hall–Kier alpha value is -4.21. The Bertz CT molecular complexity index is 971. The third-order valence-corrected chi connectivity index (χ3v) is 3.63. The lowest BCUT2D eigenvalue weighted by atomic mass is 10.1. The topological polar surface area (TPSA) is 137 Å². The largest absolute Gasteiger partial charge is 0.466 e. The zero-order chi connectivity index (χ0) is 21.4. The predicted octanol–water partition coefficient (Wildman–Crippen LogP) is 2.49. The fraction of sp³-hybridized carbons (Fsp3) is 0.105. The monoisotopic (exact) mass is 399 g/mol. The lowest BCUT2D eigenvalue weighted by Gasteiger charge is -2.13. The summed E-state index contributed by atoms with van der Waals surface area (Å²) in [7, 11) is 2.23. The van der Waals surface area contributed by atoms with Crippen LogP contribution in [0.1, 0.15) is 10.4 Å². The van der Waals surface area contributed by atoms with Crippen LogP contribution in [0.5, 0.6) is 0 Å². The van der Waals surface area contributed by atoms with Crippen LogP contribution >= 0.6 is 0 Å². The van der Waals surface area contributed by atoms with E-state index >= 15 is 0 Å². The minimum atomic E-state index is -0.900. The number of carbonyl (C=O) groups is 3. The first-order valence-electron chi connectivity index (χ1n) is 8.15. The molecule has 29 heavy (non-hydrogen) atoms. The number of ether oxygens (including phenoxy) is 2. The fourth-order valence-corrected chi connectivity index (χ4v) is 2.24. The molecule has 0 radical (unpaired) electrons. The molecule has 0 saturated heterocycles. The third kappa shape index (κ3) is 5.63. The summed E-state index contributed by atoms with van der Waals surface area (Å²) in [6, 6.07) is 11.9. The Morgan fingerprint density at radius 1 is 1.00 bits per heavy atom. The van der Waals surface area contributed by atoms with Crippen LogP contribution in [0.15, 0.2) is 60.3 Å². The summed E-state index contributed by atoms with van der Waals surface area (Å²) in [5, 5.41) is 16.3. The van der Waals surface area contributed by atoms with Gasteiger partial charge in [-0.15, -0.1) is 0 Å². The number of nitro benzene ring substituents is 1. The van der Waals surface area contributed by atoms with E-state index in [1.807, 2.05) is 0 Å². The zero-order valence-electron chi connectivity index (χ0n) is 15.5. The van der Waals surface area contributed by atoms with E-state index in [-0.39, 0.29) is 22.6 Å². The molecular weight excluding hydrogens is 382 g/mol. The van der Waals surface area contributed by atoms with Crippen LogP contribution in [-0.2, 0) is 19.1 Å². The minimum Gasteiger partial charge on any atom is -0.466 e. The van der Waals surface area contributed by atoms with Gasteiger partial charge in [-0.2, -0.15) is 0 Å². The molecule has 0 spiro atoms. The quantitative estimate of drug-likeness (QED) is 0.314. The molecule has 0 aliphatic carbocycles. The molecule has 0 aliphatic rings. The minimum absolute atomic E-state index is 0.0459. The number of esters is 2. The van der Waals surface area contributed by atoms with Gasteiger partial charge in [0.15, 0.2) is 0 Å². The third-order valence-electron chi connectivity index (χ3n) is 3.63. The lowest BCUT2D eigenvalue weighted by Crippen LogP contribution is -2.19. The normalized spacial score (nSPS) is 10.6. The molecule has 150 valence electrons. The van der Waals surface area contributed by atoms with E-state index in [0.29, 0.717) is 5.69 Å². The summed E-state index contributed by atoms with van der Waals surface area (Å²) >= 11 is 0. The average Bonchev–Trinajstić information content (AvgIpc) is 2.73. The van der Waals surface area contributed by atoms with Gasteiger partial charge in [-0.25, -0.2) is 9.59 Å². The van der Waals surface area contributed by atoms with E-state index in [0.717, 1.165) is 32.4 Å². The molecular formula is C19H17N3O7. The highest BCUT2D eigenvalue weighted by Crippen LogP contribution is 2.25. The van der Waals surface area contributed by atoms with Gasteiger partial charge in [0.05, 0.1) is 36.5 Å². The number of para-hydroxylation sites is 1. The van der Waals surface area contributed by atoms with Gasteiger partial charge >= 0.3 is 11.9 Å². The second kappa shape index (κ2) is 9.65. The SMILES string of the molecule is COC(=O)/C=C(/Nc1ccc([N+](=O)[O-])cc1C(=O)Nc1ccccc1)C(=O)OC. The van der Waals surface area contributed by atoms with Crippen molar-refractivity contribution in [2.75, 3.05) is 24.9 Å². The maximum atomic E-state index is 12.7. The number of nitrogens with one attached hydrogen (secondary N) is 2. The Labute approximate surface area is 165 Å². The molecule has 10 nitrogen and oxygen atoms in total. The number of carbonyl (C=O) groups excluding carboxylic acids is 3. The van der Waals surface area contributed by atoms with Crippen LogP contribution in [0.4, 0.5) is 17.1 Å². The molecule has 0 unspecified atom stereocenters. The van der Waals surface area contributed by atoms with Crippen molar-refractivity contribution in [3.63, 3.8) is 0 Å². The molecule has 1 amide bonds. The van der Waals surface area contributed by atoms with Crippen LogP contribution in [-0.4, -0.2) is 37.0 Å². The highest BCUT2D eigenvalue weighted by atomic mass is 16.6. The van der Waals surface area contributed by atoms with Gasteiger partial charge in [0.2, 0.25) is 0 Å². The second-order valence-corrected chi connectivity index (χ2v) is 5.50. The number of nitro groups is 1. The maximum Gasteiger partial charge on any atom is 0.354 e. The smallest absolute Gasteiger partial charge is 0.354 e. The first-order chi connectivity index (χ1) is 13.8. The van der Waals surface area contributed by atoms with Crippen LogP contribution in [0.3, 0.4) is 0 Å². The molecule has 0 bridgehead atoms. The highest BCUT2D eigenvalue weighted by molar-refractivity contribution is 6.09. The summed E-state index contributed by atoms with van der Waals surface area (Å²) in [4.78, 5) is 46.6. The van der Waals surface area contributed by atoms with Gasteiger partial charge < -0.3 is 20.1 Å². The summed E-state index contributed by atoms with van der Waals surface area (Å²) in [6.07, 6.45) is 0.839. The Balaban J connectivity index is 2.45. The number of nitrogens with zero attached hydrogens (tertiary/aromatic N) is 1. The summed E-state index contributed by atoms with van der Waals surface area (Å²) < 4.78 is 9.09. The number of non-ortho nitro benzene ring substituents is 1. The molecule has 0 aliphatic heterocycles. The van der Waals surface area contributed by atoms with Gasteiger partial charge in [-0.3, -0.25) is 14.9 Å². The van der Waals surface area contributed by atoms with Crippen molar-refractivity contribution in [2.45, 2.75) is 0 Å². The number of anilines is 2. The zero-order valence-corrected chi connectivity index (χ0v) is 15.5. The maximum absolute atomic E-state index is 12.7. The van der Waals surface area contributed by atoms with Gasteiger partial charge in [-0.1, -0.05) is 18.2 Å². The molecule has 2 aromatic carbocycles. The van der Waals surface area contributed by atoms with E-state index in [1.165, 1.54) is 6.07 Å². The number of hydrogen-bond acceptors (Lipinski definition) is 8. The number of hydrogen-bond donors (Lipinski definition) is 2. The van der Waals surface area contributed by atoms with Crippen molar-refractivity contribution < 1.29 is 28.8 Å². The number of benzene rings is 2. The van der Waals surface area contributed by atoms with Crippen molar-refractivity contribution >= 4 is 34.9 Å². The standard InChI is InChI=1S/C19H17N3O7/c1-28-17(23)11-16(19(25)29-2)21-15-9-8-13(22(26)27)10-14(15)18(24)20-12-6-4-3-5-7-12/h3-11,21H,1-2H3,(H,20,24)/b16-11+. The van der Waals surface area contributed by atoms with E-state index in [4.69, 9.17) is 0 Å². The van der Waals surface area contributed by atoms with Crippen LogP contribution in [0, 0.1) is 10.1 Å². The molecule has 2 aromatic rings. The summed E-state index contributed by atoms with van der Waals surface area (Å²) in [5.74, 6) is -2.40. The van der Waals surface area contributed by atoms with Gasteiger partial charge in [0, 0.05) is 17.8 Å². The number of rotatable bonds is 7. The van der Waals surface area contributed by atoms with Gasteiger partial charge in [-0.05, 0) is 18.2 Å². The summed E-state index contributed by atoms with van der Waals surface area (Å²) in [6.45, 7) is 0. The molecule has 0 aromatic heterocycles. The average molecular weight is 399 g/mol. The van der Waals surface area contributed by atoms with E-state index < -0.39 is 22.8 Å². The Morgan fingerprint density at radius 2 is 1.69 bits per heavy atom. The molecule has 2 N–H and O–H groups in total. The van der Waals surface area contributed by atoms with Crippen LogP contribution < -0.4 is 10.6 Å². The molecule has 0 saturated carbocycles. The molecule has 0 atom stereocenters. The van der Waals surface area contributed by atoms with Gasteiger partial charge in [0.25, 0.3) is 11.6 Å². The van der Waals surface area contributed by atoms with Crippen molar-refractivity contribution in [1.29, 1.82) is 0 Å². The van der Waals surface area contributed by atoms with Gasteiger partial charge in [0.1, 0.15) is 5.70 Å². The fourth-order valence-electron chi connectivity index (χ4n) is 2.24. The Morgan fingerprint density at radius 3 is 2.28 bits per heavy atom. The van der Waals surface area contributed by atoms with Crippen molar-refractivity contribution in [3.05, 3.63) is 76.0 Å². The second-order valence-electron chi connectivity index (χ2n) is 5.50. The predicted molar refractivity (Wildman–Crippen MR) is 103 cm³/mol. The first-order valence-corrected chi connectivity index (χ1v) is 8.15. The summed E-state index contributed by atoms with van der Waals surface area (Å²) in [5.41, 5.74) is -0.257. The molecule has 10 heteroatoms. The first kappa shape index (κ1) is 21.1. The molecule has 2 rings (SSSR count). The number of methoxy groups -OCH3 is 2. The van der Waals surface area contributed by atoms with E-state index in [9.17, 15) is 24.5 Å². The van der Waals surface area contributed by atoms with Crippen LogP contribution in [0.25, 0.3) is 0 Å². The van der Waals surface area contributed by atoms with E-state index in [1.54, 1.807) is 30.3 Å². The molecule has 0 heterocycles. The highest BCUT2D eigenvalue weighted by Gasteiger charge is 2.20. The van der Waals surface area contributed by atoms with Crippen molar-refractivity contribution in [1.82, 2.24) is 0 Å².